The van der Waals surface area contributed by atoms with Gasteiger partial charge in [0.2, 0.25) is 0 Å². The Kier molecular flexibility index (Phi) is 1.26. The maximum absolute atomic E-state index is 5.14. The molecule has 0 atom stereocenters. The summed E-state index contributed by atoms with van der Waals surface area (Å²) in [5.41, 5.74) is 2.57. The number of allylic oxidation sites excluding steroid dienone is 1. The van der Waals surface area contributed by atoms with Gasteiger partial charge in [0.05, 0.1) is 6.61 Å². The molecule has 0 saturated heterocycles. The number of hydrogen-bond donors (Lipinski definition) is 0. The first-order valence-electron chi connectivity index (χ1n) is 2.75. The van der Waals surface area contributed by atoms with E-state index >= 15 is 0 Å². The predicted octanol–water partition coefficient (Wildman–Crippen LogP) is 1.16. The van der Waals surface area contributed by atoms with Crippen molar-refractivity contribution in [3.05, 3.63) is 11.3 Å². The molecule has 0 bridgehead atoms. The minimum absolute atomic E-state index is 0.766. The van der Waals surface area contributed by atoms with Crippen molar-refractivity contribution in [2.75, 3.05) is 13.7 Å². The lowest BCUT2D eigenvalue weighted by Gasteiger charge is -2.09. The fourth-order valence-corrected chi connectivity index (χ4v) is 0.664. The summed E-state index contributed by atoms with van der Waals surface area (Å²) in [7, 11) is 1.92. The van der Waals surface area contributed by atoms with Crippen LogP contribution in [0.25, 0.3) is 0 Å². The van der Waals surface area contributed by atoms with E-state index in [4.69, 9.17) is 4.84 Å². The zero-order chi connectivity index (χ0) is 6.15. The van der Waals surface area contributed by atoms with E-state index in [1.165, 1.54) is 11.3 Å². The monoisotopic (exact) mass is 113 g/mol. The van der Waals surface area contributed by atoms with E-state index in [-0.39, 0.29) is 0 Å². The molecule has 1 heterocycles. The van der Waals surface area contributed by atoms with Gasteiger partial charge in [-0.3, -0.25) is 9.90 Å². The molecule has 0 saturated carbocycles. The van der Waals surface area contributed by atoms with Crippen LogP contribution in [0.3, 0.4) is 0 Å². The number of rotatable bonds is 0. The Morgan fingerprint density at radius 3 is 2.25 bits per heavy atom. The minimum Gasteiger partial charge on any atom is -0.270 e. The van der Waals surface area contributed by atoms with Crippen LogP contribution in [-0.2, 0) is 4.84 Å². The van der Waals surface area contributed by atoms with Gasteiger partial charge in [-0.2, -0.15) is 0 Å². The molecule has 1 aliphatic heterocycles. The third-order valence-corrected chi connectivity index (χ3v) is 1.56. The topological polar surface area (TPSA) is 12.5 Å². The summed E-state index contributed by atoms with van der Waals surface area (Å²) >= 11 is 0. The van der Waals surface area contributed by atoms with Gasteiger partial charge in [0.15, 0.2) is 0 Å². The lowest BCUT2D eigenvalue weighted by Crippen LogP contribution is -2.08. The fraction of sp³-hybridized carbons (Fsp3) is 0.667. The van der Waals surface area contributed by atoms with Crippen molar-refractivity contribution in [1.29, 1.82) is 0 Å². The molecule has 0 spiro atoms. The molecule has 2 heteroatoms. The van der Waals surface area contributed by atoms with Crippen molar-refractivity contribution >= 4 is 0 Å². The maximum Gasteiger partial charge on any atom is 0.0976 e. The molecule has 0 radical (unpaired) electrons. The van der Waals surface area contributed by atoms with Crippen LogP contribution in [-0.4, -0.2) is 18.7 Å². The molecule has 0 aromatic heterocycles. The van der Waals surface area contributed by atoms with E-state index in [9.17, 15) is 0 Å². The van der Waals surface area contributed by atoms with Gasteiger partial charge >= 0.3 is 0 Å². The van der Waals surface area contributed by atoms with E-state index in [1.54, 1.807) is 5.06 Å². The Bertz CT molecular complexity index is 128. The molecular formula is C6H11NO. The van der Waals surface area contributed by atoms with Gasteiger partial charge in [-0.15, -0.1) is 0 Å². The van der Waals surface area contributed by atoms with E-state index in [0.29, 0.717) is 0 Å². The van der Waals surface area contributed by atoms with Crippen LogP contribution >= 0.6 is 0 Å². The first-order valence-corrected chi connectivity index (χ1v) is 2.75. The van der Waals surface area contributed by atoms with E-state index in [2.05, 4.69) is 13.8 Å². The van der Waals surface area contributed by atoms with Crippen molar-refractivity contribution in [1.82, 2.24) is 5.06 Å². The molecule has 8 heavy (non-hydrogen) atoms. The van der Waals surface area contributed by atoms with Crippen molar-refractivity contribution in [2.45, 2.75) is 13.8 Å². The Labute approximate surface area is 49.7 Å². The average Bonchev–Trinajstić information content (AvgIpc) is 1.98. The average molecular weight is 113 g/mol. The summed E-state index contributed by atoms with van der Waals surface area (Å²) < 4.78 is 0. The van der Waals surface area contributed by atoms with Gasteiger partial charge in [0.25, 0.3) is 0 Å². The van der Waals surface area contributed by atoms with Gasteiger partial charge in [0.1, 0.15) is 0 Å². The van der Waals surface area contributed by atoms with Gasteiger partial charge in [-0.1, -0.05) is 0 Å². The van der Waals surface area contributed by atoms with Crippen LogP contribution in [0.1, 0.15) is 13.8 Å². The van der Waals surface area contributed by atoms with Crippen LogP contribution in [0, 0.1) is 0 Å². The first-order chi connectivity index (χ1) is 3.72. The van der Waals surface area contributed by atoms with E-state index < -0.39 is 0 Å². The Morgan fingerprint density at radius 1 is 1.50 bits per heavy atom. The van der Waals surface area contributed by atoms with Crippen LogP contribution in [0.4, 0.5) is 0 Å². The molecule has 1 aliphatic rings. The maximum atomic E-state index is 5.14. The molecule has 0 aromatic carbocycles. The van der Waals surface area contributed by atoms with Crippen molar-refractivity contribution in [2.24, 2.45) is 0 Å². The molecule has 0 unspecified atom stereocenters. The second-order valence-corrected chi connectivity index (χ2v) is 2.14. The highest BCUT2D eigenvalue weighted by atomic mass is 16.7. The van der Waals surface area contributed by atoms with Crippen LogP contribution < -0.4 is 0 Å². The quantitative estimate of drug-likeness (QED) is 0.467. The normalized spacial score (nSPS) is 20.6. The summed E-state index contributed by atoms with van der Waals surface area (Å²) in [6.45, 7) is 4.91. The van der Waals surface area contributed by atoms with Crippen LogP contribution in [0.2, 0.25) is 0 Å². The number of nitrogens with zero attached hydrogens (tertiary/aromatic N) is 1. The Hall–Kier alpha value is -0.500. The highest BCUT2D eigenvalue weighted by molar-refractivity contribution is 5.10. The molecular weight excluding hydrogens is 102 g/mol. The SMILES string of the molecule is CC1=C(C)N(C)OC1. The molecule has 0 amide bonds. The molecule has 0 aromatic rings. The Morgan fingerprint density at radius 2 is 2.12 bits per heavy atom. The molecule has 0 aliphatic carbocycles. The third-order valence-electron chi connectivity index (χ3n) is 1.56. The van der Waals surface area contributed by atoms with Gasteiger partial charge in [-0.25, -0.2) is 0 Å². The highest BCUT2D eigenvalue weighted by Gasteiger charge is 2.10. The molecule has 0 fully saturated rings. The molecule has 2 nitrogen and oxygen atoms in total. The molecule has 0 N–H and O–H groups in total. The zero-order valence-corrected chi connectivity index (χ0v) is 5.56. The lowest BCUT2D eigenvalue weighted by atomic mass is 10.3. The molecule has 46 valence electrons. The van der Waals surface area contributed by atoms with Crippen LogP contribution in [0.5, 0.6) is 0 Å². The molecule has 1 rings (SSSR count). The van der Waals surface area contributed by atoms with Gasteiger partial charge < -0.3 is 0 Å². The summed E-state index contributed by atoms with van der Waals surface area (Å²) in [5.74, 6) is 0. The minimum atomic E-state index is 0.766. The highest BCUT2D eigenvalue weighted by Crippen LogP contribution is 2.15. The second kappa shape index (κ2) is 1.78. The van der Waals surface area contributed by atoms with E-state index in [1.807, 2.05) is 7.05 Å². The summed E-state index contributed by atoms with van der Waals surface area (Å²) in [6.07, 6.45) is 0. The van der Waals surface area contributed by atoms with Crippen molar-refractivity contribution in [3.8, 4) is 0 Å². The number of hydroxylamine groups is 2. The third kappa shape index (κ3) is 0.713. The van der Waals surface area contributed by atoms with E-state index in [0.717, 1.165) is 6.61 Å². The Balaban J connectivity index is 2.71. The summed E-state index contributed by atoms with van der Waals surface area (Å²) in [6, 6.07) is 0. The summed E-state index contributed by atoms with van der Waals surface area (Å²) in [4.78, 5) is 5.14. The first kappa shape index (κ1) is 5.63. The largest absolute Gasteiger partial charge is 0.270 e. The standard InChI is InChI=1S/C6H11NO/c1-5-4-8-7(3)6(5)2/h4H2,1-3H3. The fourth-order valence-electron chi connectivity index (χ4n) is 0.664. The zero-order valence-electron chi connectivity index (χ0n) is 5.56. The van der Waals surface area contributed by atoms with Crippen molar-refractivity contribution in [3.63, 3.8) is 0 Å². The second-order valence-electron chi connectivity index (χ2n) is 2.14. The lowest BCUT2D eigenvalue weighted by molar-refractivity contribution is -0.0778. The summed E-state index contributed by atoms with van der Waals surface area (Å²) in [5, 5.41) is 1.80. The predicted molar refractivity (Wildman–Crippen MR) is 32.1 cm³/mol. The number of hydrogen-bond acceptors (Lipinski definition) is 2. The van der Waals surface area contributed by atoms with Gasteiger partial charge in [0, 0.05) is 12.7 Å². The van der Waals surface area contributed by atoms with Gasteiger partial charge in [-0.05, 0) is 19.4 Å². The van der Waals surface area contributed by atoms with Crippen molar-refractivity contribution < 1.29 is 4.84 Å². The van der Waals surface area contributed by atoms with Crippen LogP contribution in [0.15, 0.2) is 11.3 Å². The smallest absolute Gasteiger partial charge is 0.0976 e.